The van der Waals surface area contributed by atoms with Gasteiger partial charge >= 0.3 is 12.0 Å². The van der Waals surface area contributed by atoms with Crippen molar-refractivity contribution in [3.05, 3.63) is 111 Å². The number of fused-ring (bicyclic) bond motifs is 1. The summed E-state index contributed by atoms with van der Waals surface area (Å²) < 4.78 is 5.99. The van der Waals surface area contributed by atoms with Gasteiger partial charge < -0.3 is 21.1 Å². The average molecular weight is 644 g/mol. The number of urea groups is 1. The van der Waals surface area contributed by atoms with Gasteiger partial charge in [0.15, 0.2) is 11.8 Å². The summed E-state index contributed by atoms with van der Waals surface area (Å²) in [6.07, 6.45) is -0.780. The Morgan fingerprint density at radius 3 is 2.29 bits per heavy atom. The Balaban J connectivity index is 1.34. The van der Waals surface area contributed by atoms with Crippen LogP contribution in [-0.4, -0.2) is 51.6 Å². The number of primary amides is 1. The number of benzene rings is 3. The Hall–Kier alpha value is -3.64. The lowest BCUT2D eigenvalue weighted by Gasteiger charge is -2.49. The van der Waals surface area contributed by atoms with E-state index >= 15 is 0 Å². The summed E-state index contributed by atoms with van der Waals surface area (Å²) in [5, 5.41) is 5.56. The molecule has 2 heterocycles. The maximum atomic E-state index is 13.7. The Kier molecular flexibility index (Phi) is 9.32. The van der Waals surface area contributed by atoms with Crippen molar-refractivity contribution in [2.24, 2.45) is 5.73 Å². The van der Waals surface area contributed by atoms with E-state index in [9.17, 15) is 19.2 Å². The molecule has 0 aliphatic carbocycles. The second-order valence-electron chi connectivity index (χ2n) is 9.24. The van der Waals surface area contributed by atoms with Gasteiger partial charge in [-0.2, -0.15) is 0 Å². The third-order valence-electron chi connectivity index (χ3n) is 6.43. The molecule has 2 atom stereocenters. The molecule has 1 fully saturated rings. The third-order valence-corrected chi connectivity index (χ3v) is 9.45. The molecule has 2 aliphatic heterocycles. The minimum atomic E-state index is -0.883. The summed E-state index contributed by atoms with van der Waals surface area (Å²) >= 11 is 14.7. The highest BCUT2D eigenvalue weighted by atomic mass is 35.5. The van der Waals surface area contributed by atoms with Crippen molar-refractivity contribution >= 4 is 70.5 Å². The molecule has 0 radical (unpaired) electrons. The van der Waals surface area contributed by atoms with Crippen molar-refractivity contribution in [2.45, 2.75) is 22.4 Å². The predicted octanol–water partition coefficient (Wildman–Crippen LogP) is 4.70. The molecule has 1 unspecified atom stereocenters. The van der Waals surface area contributed by atoms with Crippen molar-refractivity contribution in [1.82, 2.24) is 15.5 Å². The van der Waals surface area contributed by atoms with Crippen molar-refractivity contribution in [3.63, 3.8) is 0 Å². The normalized spacial score (nSPS) is 17.8. The van der Waals surface area contributed by atoms with Gasteiger partial charge in [-0.15, -0.1) is 23.5 Å². The van der Waals surface area contributed by atoms with E-state index in [2.05, 4.69) is 10.6 Å². The van der Waals surface area contributed by atoms with Gasteiger partial charge in [-0.05, 0) is 29.3 Å². The van der Waals surface area contributed by atoms with Crippen LogP contribution in [0.1, 0.15) is 17.2 Å². The topological polar surface area (TPSA) is 131 Å². The van der Waals surface area contributed by atoms with Gasteiger partial charge in [0.2, 0.25) is 5.91 Å². The van der Waals surface area contributed by atoms with E-state index in [1.165, 1.54) is 28.4 Å². The number of halogens is 2. The zero-order valence-electron chi connectivity index (χ0n) is 21.8. The molecular weight excluding hydrogens is 619 g/mol. The number of ether oxygens (including phenoxy) is 1. The summed E-state index contributed by atoms with van der Waals surface area (Å²) in [6.45, 7) is 0. The van der Waals surface area contributed by atoms with E-state index in [1.807, 2.05) is 60.7 Å². The van der Waals surface area contributed by atoms with E-state index in [0.717, 1.165) is 11.1 Å². The predicted molar refractivity (Wildman–Crippen MR) is 163 cm³/mol. The summed E-state index contributed by atoms with van der Waals surface area (Å²) in [6, 6.07) is 21.5. The van der Waals surface area contributed by atoms with E-state index in [1.54, 1.807) is 18.2 Å². The zero-order chi connectivity index (χ0) is 29.8. The molecule has 4 amide bonds. The van der Waals surface area contributed by atoms with Crippen molar-refractivity contribution in [2.75, 3.05) is 11.5 Å². The van der Waals surface area contributed by atoms with E-state index in [0.29, 0.717) is 14.9 Å². The molecule has 0 bridgehead atoms. The van der Waals surface area contributed by atoms with Crippen LogP contribution in [0.4, 0.5) is 4.79 Å². The number of nitrogens with one attached hydrogen (secondary N) is 2. The van der Waals surface area contributed by atoms with Crippen LogP contribution in [0, 0.1) is 0 Å². The van der Waals surface area contributed by atoms with Gasteiger partial charge in [0.05, 0.1) is 16.5 Å². The lowest BCUT2D eigenvalue weighted by Crippen LogP contribution is -2.71. The maximum absolute atomic E-state index is 13.7. The number of esters is 1. The van der Waals surface area contributed by atoms with Crippen LogP contribution in [0.15, 0.2) is 95.2 Å². The summed E-state index contributed by atoms with van der Waals surface area (Å²) in [4.78, 5) is 53.5. The van der Waals surface area contributed by atoms with E-state index < -0.39 is 41.3 Å². The van der Waals surface area contributed by atoms with Gasteiger partial charge in [-0.3, -0.25) is 14.5 Å². The highest BCUT2D eigenvalue weighted by Crippen LogP contribution is 2.41. The molecule has 1 saturated heterocycles. The first-order chi connectivity index (χ1) is 20.2. The smallest absolute Gasteiger partial charge is 0.357 e. The molecule has 13 heteroatoms. The van der Waals surface area contributed by atoms with Gasteiger partial charge in [-0.25, -0.2) is 9.59 Å². The molecule has 3 aromatic rings. The Morgan fingerprint density at radius 1 is 1.02 bits per heavy atom. The summed E-state index contributed by atoms with van der Waals surface area (Å²) in [7, 11) is 0. The Bertz CT molecular complexity index is 1520. The monoisotopic (exact) mass is 642 g/mol. The van der Waals surface area contributed by atoms with Crippen LogP contribution in [-0.2, 0) is 19.1 Å². The first kappa shape index (κ1) is 29.8. The number of thioether (sulfide) groups is 2. The fraction of sp³-hybridized carbons (Fsp3) is 0.172. The van der Waals surface area contributed by atoms with E-state index in [4.69, 9.17) is 33.7 Å². The van der Waals surface area contributed by atoms with Crippen LogP contribution in [0.5, 0.6) is 0 Å². The molecule has 5 rings (SSSR count). The van der Waals surface area contributed by atoms with Crippen LogP contribution >= 0.6 is 46.7 Å². The number of nitrogens with two attached hydrogens (primary N) is 1. The maximum Gasteiger partial charge on any atom is 0.357 e. The second kappa shape index (κ2) is 13.1. The Labute approximate surface area is 260 Å². The highest BCUT2D eigenvalue weighted by Gasteiger charge is 2.55. The number of β-lactam (4-membered cyclic amide) rings is 1. The van der Waals surface area contributed by atoms with Gasteiger partial charge in [0.1, 0.15) is 11.4 Å². The van der Waals surface area contributed by atoms with Gasteiger partial charge in [0, 0.05) is 15.7 Å². The quantitative estimate of drug-likeness (QED) is 0.175. The Morgan fingerprint density at radius 2 is 1.67 bits per heavy atom. The molecule has 2 aliphatic rings. The fourth-order valence-corrected chi connectivity index (χ4v) is 7.13. The lowest BCUT2D eigenvalue weighted by molar-refractivity contribution is -0.154. The number of carbonyl (C=O) groups excluding carboxylic acids is 4. The minimum absolute atomic E-state index is 0.00369. The molecule has 3 aromatic carbocycles. The van der Waals surface area contributed by atoms with Crippen LogP contribution in [0.3, 0.4) is 0 Å². The molecule has 0 saturated carbocycles. The molecule has 4 N–H and O–H groups in total. The standard InChI is InChI=1S/C29H24Cl2N4O5S2/c30-18-11-12-19(31)21(13-18)41-15-22(36)34-23-26(37)35-24(20(33-29(32)39)14-42-27(23)35)28(38)40-25(16-7-3-1-4-8-16)17-9-5-2-6-10-17/h1-13,23,25,27H,14-15H2,(H,34,36)(H3,32,33,39)/t23?,27-/m0/s1. The number of hydrogen-bond donors (Lipinski definition) is 3. The second-order valence-corrected chi connectivity index (χ2v) is 12.2. The summed E-state index contributed by atoms with van der Waals surface area (Å²) in [5.74, 6) is -1.57. The van der Waals surface area contributed by atoms with Crippen molar-refractivity contribution in [1.29, 1.82) is 0 Å². The number of nitrogens with zero attached hydrogens (tertiary/aromatic N) is 1. The molecule has 0 spiro atoms. The van der Waals surface area contributed by atoms with Crippen molar-refractivity contribution < 1.29 is 23.9 Å². The molecule has 216 valence electrons. The van der Waals surface area contributed by atoms with Crippen LogP contribution in [0.25, 0.3) is 0 Å². The van der Waals surface area contributed by atoms with Crippen LogP contribution in [0.2, 0.25) is 10.0 Å². The number of amides is 4. The number of rotatable bonds is 9. The fourth-order valence-electron chi connectivity index (χ4n) is 4.55. The lowest BCUT2D eigenvalue weighted by atomic mass is 10.0. The minimum Gasteiger partial charge on any atom is -0.448 e. The molecule has 0 aromatic heterocycles. The number of carbonyl (C=O) groups is 4. The average Bonchev–Trinajstić information content (AvgIpc) is 2.99. The zero-order valence-corrected chi connectivity index (χ0v) is 24.9. The van der Waals surface area contributed by atoms with Gasteiger partial charge in [0.25, 0.3) is 5.91 Å². The van der Waals surface area contributed by atoms with Gasteiger partial charge in [-0.1, -0.05) is 83.9 Å². The van der Waals surface area contributed by atoms with Crippen molar-refractivity contribution in [3.8, 4) is 0 Å². The number of hydrogen-bond acceptors (Lipinski definition) is 7. The molecular formula is C29H24Cl2N4O5S2. The molecule has 9 nitrogen and oxygen atoms in total. The highest BCUT2D eigenvalue weighted by molar-refractivity contribution is 8.00. The third kappa shape index (κ3) is 6.54. The first-order valence-electron chi connectivity index (χ1n) is 12.7. The van der Waals surface area contributed by atoms with Crippen LogP contribution < -0.4 is 16.4 Å². The largest absolute Gasteiger partial charge is 0.448 e. The molecule has 42 heavy (non-hydrogen) atoms. The van der Waals surface area contributed by atoms with E-state index in [-0.39, 0.29) is 22.9 Å². The first-order valence-corrected chi connectivity index (χ1v) is 15.4. The SMILES string of the molecule is NC(=O)NC1=C(C(=O)OC(c2ccccc2)c2ccccc2)N2C(=O)C(NC(=O)CSc3cc(Cl)ccc3Cl)[C@@H]2SC1. The summed E-state index contributed by atoms with van der Waals surface area (Å²) in [5.41, 5.74) is 6.85.